The Hall–Kier alpha value is -3.52. The van der Waals surface area contributed by atoms with Gasteiger partial charge in [-0.25, -0.2) is 17.5 Å². The highest BCUT2D eigenvalue weighted by atomic mass is 32.2. The second-order valence-electron chi connectivity index (χ2n) is 15.8. The van der Waals surface area contributed by atoms with E-state index in [0.717, 1.165) is 23.8 Å². The van der Waals surface area contributed by atoms with Crippen molar-refractivity contribution in [1.82, 2.24) is 25.2 Å². The molecule has 1 heterocycles. The highest BCUT2D eigenvalue weighted by Gasteiger charge is 2.69. The Bertz CT molecular complexity index is 1550. The van der Waals surface area contributed by atoms with Crippen LogP contribution >= 0.6 is 0 Å². The maximum Gasteiger partial charge on any atom is 0.315 e. The Labute approximate surface area is 290 Å². The molecule has 6 atom stereocenters. The first-order valence-electron chi connectivity index (χ1n) is 17.2. The Morgan fingerprint density at radius 3 is 2.14 bits per heavy atom. The number of nitrogens with one attached hydrogen (secondary N) is 3. The molecule has 4 rings (SSSR count). The number of hydrogen-bond acceptors (Lipinski definition) is 7. The summed E-state index contributed by atoms with van der Waals surface area (Å²) in [4.78, 5) is 68.4. The quantitative estimate of drug-likeness (QED) is 0.212. The maximum atomic E-state index is 14.7. The normalized spacial score (nSPS) is 23.2. The summed E-state index contributed by atoms with van der Waals surface area (Å²) in [5.41, 5.74) is 6.73. The lowest BCUT2D eigenvalue weighted by Crippen LogP contribution is -2.61. The van der Waals surface area contributed by atoms with E-state index in [9.17, 15) is 32.4 Å². The first kappa shape index (κ1) is 38.3. The molecule has 2 aliphatic carbocycles. The zero-order valence-electron chi connectivity index (χ0n) is 30.0. The number of Topliss-reactive ketones (excluding diaryl/α,β-unsaturated/α-hetero) is 1. The molecular weight excluding hydrogens is 648 g/mol. The van der Waals surface area contributed by atoms with Gasteiger partial charge in [-0.3, -0.25) is 19.2 Å². The fourth-order valence-corrected chi connectivity index (χ4v) is 8.00. The van der Waals surface area contributed by atoms with Crippen molar-refractivity contribution >= 4 is 39.6 Å². The van der Waals surface area contributed by atoms with Gasteiger partial charge in [-0.2, -0.15) is 0 Å². The van der Waals surface area contributed by atoms with Gasteiger partial charge in [0.15, 0.2) is 0 Å². The zero-order valence-corrected chi connectivity index (χ0v) is 30.9. The van der Waals surface area contributed by atoms with E-state index < -0.39 is 69.1 Å². The molecule has 0 aromatic heterocycles. The van der Waals surface area contributed by atoms with Gasteiger partial charge < -0.3 is 26.6 Å². The fourth-order valence-electron chi connectivity index (χ4n) is 7.58. The Balaban J connectivity index is 1.62. The van der Waals surface area contributed by atoms with Gasteiger partial charge in [-0.05, 0) is 59.0 Å². The number of nitrogens with two attached hydrogens (primary N) is 1. The number of likely N-dealkylation sites (N-methyl/N-ethyl adjacent to an activating group) is 1. The van der Waals surface area contributed by atoms with E-state index in [1.54, 1.807) is 0 Å². The van der Waals surface area contributed by atoms with Gasteiger partial charge in [0, 0.05) is 26.2 Å². The van der Waals surface area contributed by atoms with E-state index in [2.05, 4.69) is 16.0 Å². The molecule has 0 radical (unpaired) electrons. The van der Waals surface area contributed by atoms with E-state index in [-0.39, 0.29) is 36.1 Å². The average molecular weight is 703 g/mol. The maximum absolute atomic E-state index is 14.7. The second-order valence-corrected chi connectivity index (χ2v) is 17.9. The summed E-state index contributed by atoms with van der Waals surface area (Å²) in [5, 5.41) is 8.62. The van der Waals surface area contributed by atoms with E-state index >= 15 is 0 Å². The summed E-state index contributed by atoms with van der Waals surface area (Å²) in [6, 6.07) is 3.67. The van der Waals surface area contributed by atoms with Crippen molar-refractivity contribution in [3.05, 3.63) is 35.4 Å². The number of primary amides is 1. The molecular formula is C35H54N6O7S. The van der Waals surface area contributed by atoms with Crippen LogP contribution in [-0.4, -0.2) is 97.7 Å². The number of likely N-dealkylation sites (tertiary alicyclic amines) is 1. The number of piperidine rings is 1. The van der Waals surface area contributed by atoms with Crippen LogP contribution in [0.15, 0.2) is 24.3 Å². The van der Waals surface area contributed by atoms with Crippen molar-refractivity contribution in [2.75, 3.05) is 26.4 Å². The van der Waals surface area contributed by atoms with E-state index in [1.165, 1.54) is 16.3 Å². The highest BCUT2D eigenvalue weighted by Crippen LogP contribution is 2.65. The summed E-state index contributed by atoms with van der Waals surface area (Å²) in [5.74, 6) is -3.35. The summed E-state index contributed by atoms with van der Waals surface area (Å²) in [6.07, 6.45) is 3.76. The minimum absolute atomic E-state index is 0.0271. The topological polar surface area (TPSA) is 188 Å². The predicted molar refractivity (Wildman–Crippen MR) is 185 cm³/mol. The van der Waals surface area contributed by atoms with E-state index in [1.807, 2.05) is 65.8 Å². The number of amides is 5. The molecule has 1 aliphatic heterocycles. The minimum Gasteiger partial charge on any atom is -0.363 e. The number of sulfonamides is 1. The summed E-state index contributed by atoms with van der Waals surface area (Å²) in [6.45, 7) is 12.0. The highest BCUT2D eigenvalue weighted by molar-refractivity contribution is 7.88. The van der Waals surface area contributed by atoms with Crippen LogP contribution < -0.4 is 21.7 Å². The number of hydrogen-bond donors (Lipinski definition) is 4. The number of carbonyl (C=O) groups is 5. The number of rotatable bonds is 14. The Morgan fingerprint density at radius 1 is 1.04 bits per heavy atom. The molecule has 49 heavy (non-hydrogen) atoms. The number of urea groups is 1. The van der Waals surface area contributed by atoms with Gasteiger partial charge in [-0.15, -0.1) is 0 Å². The van der Waals surface area contributed by atoms with Crippen LogP contribution in [0.25, 0.3) is 0 Å². The summed E-state index contributed by atoms with van der Waals surface area (Å²) in [7, 11) is -2.07. The van der Waals surface area contributed by atoms with Crippen molar-refractivity contribution in [2.45, 2.75) is 97.8 Å². The number of benzene rings is 1. The standard InChI is InChI=1S/C35H54N6O7S/c1-9-10-15-24(29(42)30(36)43)37-31(44)28-26-23(35(26,5)6)18-41(28)32(45)27(22-16-20-13-11-12-14-21(20)17-22)39-33(46)38-25(34(2,3)4)19-40(7)49(8,47)48/h11-14,22-28H,9-10,15-19H2,1-8H3,(H2,36,43)(H,37,44)(H2,38,39,46)/t23-,24?,25+,26-,27-,28-/m0/s1. The van der Waals surface area contributed by atoms with Gasteiger partial charge in [0.2, 0.25) is 27.6 Å². The van der Waals surface area contributed by atoms with E-state index in [4.69, 9.17) is 5.73 Å². The molecule has 2 fully saturated rings. The van der Waals surface area contributed by atoms with E-state index in [0.29, 0.717) is 25.8 Å². The number of unbranched alkanes of at least 4 members (excludes halogenated alkanes) is 1. The molecule has 272 valence electrons. The third-order valence-corrected chi connectivity index (χ3v) is 12.2. The second kappa shape index (κ2) is 14.4. The van der Waals surface area contributed by atoms with Crippen LogP contribution in [0, 0.1) is 28.6 Å². The van der Waals surface area contributed by atoms with Crippen molar-refractivity contribution in [3.63, 3.8) is 0 Å². The van der Waals surface area contributed by atoms with Gasteiger partial charge in [0.05, 0.1) is 12.3 Å². The summed E-state index contributed by atoms with van der Waals surface area (Å²) < 4.78 is 25.6. The van der Waals surface area contributed by atoms with Crippen LogP contribution in [0.3, 0.4) is 0 Å². The number of nitrogens with zero attached hydrogens (tertiary/aromatic N) is 2. The first-order chi connectivity index (χ1) is 22.7. The SMILES string of the molecule is CCCCC(NC(=O)[C@@H]1[C@@H]2[C@H](CN1C(=O)[C@@H](NC(=O)N[C@H](CN(C)S(C)(=O)=O)C(C)(C)C)C1Cc3ccccc3C1)C2(C)C)C(=O)C(N)=O. The number of carbonyl (C=O) groups excluding carboxylic acids is 5. The molecule has 5 amide bonds. The molecule has 14 heteroatoms. The Kier molecular flexibility index (Phi) is 11.2. The molecule has 3 aliphatic rings. The smallest absolute Gasteiger partial charge is 0.315 e. The van der Waals surface area contributed by atoms with Gasteiger partial charge in [0.25, 0.3) is 5.91 Å². The zero-order chi connectivity index (χ0) is 36.6. The van der Waals surface area contributed by atoms with Crippen LogP contribution in [0.4, 0.5) is 4.79 Å². The minimum atomic E-state index is -3.52. The molecule has 13 nitrogen and oxygen atoms in total. The molecule has 1 aromatic rings. The van der Waals surface area contributed by atoms with Crippen molar-refractivity contribution in [1.29, 1.82) is 0 Å². The molecule has 5 N–H and O–H groups in total. The monoisotopic (exact) mass is 702 g/mol. The molecule has 1 saturated carbocycles. The van der Waals surface area contributed by atoms with Gasteiger partial charge in [0.1, 0.15) is 12.1 Å². The van der Waals surface area contributed by atoms with Crippen molar-refractivity contribution < 1.29 is 32.4 Å². The molecule has 1 unspecified atom stereocenters. The van der Waals surface area contributed by atoms with Crippen molar-refractivity contribution in [3.8, 4) is 0 Å². The number of ketones is 1. The molecule has 1 saturated heterocycles. The third-order valence-electron chi connectivity index (χ3n) is 10.9. The van der Waals surface area contributed by atoms with Gasteiger partial charge in [-0.1, -0.05) is 78.6 Å². The first-order valence-corrected chi connectivity index (χ1v) is 19.0. The lowest BCUT2D eigenvalue weighted by molar-refractivity contribution is -0.144. The third kappa shape index (κ3) is 8.45. The molecule has 0 bridgehead atoms. The number of fused-ring (bicyclic) bond motifs is 2. The predicted octanol–water partition coefficient (Wildman–Crippen LogP) is 1.59. The fraction of sp³-hybridized carbons (Fsp3) is 0.686. The lowest BCUT2D eigenvalue weighted by Gasteiger charge is -2.37. The van der Waals surface area contributed by atoms with Crippen LogP contribution in [0.1, 0.15) is 71.9 Å². The Morgan fingerprint density at radius 2 is 1.63 bits per heavy atom. The molecule has 1 aromatic carbocycles. The average Bonchev–Trinajstić information content (AvgIpc) is 3.36. The van der Waals surface area contributed by atoms with Crippen LogP contribution in [0.5, 0.6) is 0 Å². The van der Waals surface area contributed by atoms with Crippen molar-refractivity contribution in [2.24, 2.45) is 34.3 Å². The summed E-state index contributed by atoms with van der Waals surface area (Å²) >= 11 is 0. The van der Waals surface area contributed by atoms with Crippen LogP contribution in [0.2, 0.25) is 0 Å². The largest absolute Gasteiger partial charge is 0.363 e. The lowest BCUT2D eigenvalue weighted by atomic mass is 9.86. The van der Waals surface area contributed by atoms with Crippen LogP contribution in [-0.2, 0) is 42.0 Å². The molecule has 0 spiro atoms. The van der Waals surface area contributed by atoms with Gasteiger partial charge >= 0.3 is 6.03 Å².